The van der Waals surface area contributed by atoms with Crippen molar-refractivity contribution in [1.82, 2.24) is 4.90 Å². The first-order chi connectivity index (χ1) is 13.8. The topological polar surface area (TPSA) is 35.6 Å². The average Bonchev–Trinajstić information content (AvgIpc) is 2.77. The summed E-state index contributed by atoms with van der Waals surface area (Å²) in [6, 6.07) is 16.0. The molecule has 0 bridgehead atoms. The molecule has 28 heavy (non-hydrogen) atoms. The van der Waals surface area contributed by atoms with Crippen molar-refractivity contribution in [3.63, 3.8) is 0 Å². The van der Waals surface area contributed by atoms with Gasteiger partial charge in [-0.25, -0.2) is 0 Å². The maximum atomic E-state index is 13.0. The second kappa shape index (κ2) is 9.48. The van der Waals surface area contributed by atoms with E-state index in [2.05, 4.69) is 28.4 Å². The maximum absolute atomic E-state index is 13.0. The molecule has 1 amide bonds. The summed E-state index contributed by atoms with van der Waals surface area (Å²) in [5, 5.41) is 3.56. The first-order valence-electron chi connectivity index (χ1n) is 10.4. The van der Waals surface area contributed by atoms with Crippen LogP contribution in [0.2, 0.25) is 0 Å². The van der Waals surface area contributed by atoms with Gasteiger partial charge in [-0.3, -0.25) is 4.79 Å². The first kappa shape index (κ1) is 19.3. The smallest absolute Gasteiger partial charge is 0.258 e. The Morgan fingerprint density at radius 2 is 1.82 bits per heavy atom. The fourth-order valence-corrected chi connectivity index (χ4v) is 4.97. The molecule has 0 saturated carbocycles. The van der Waals surface area contributed by atoms with Crippen molar-refractivity contribution in [3.8, 4) is 0 Å². The summed E-state index contributed by atoms with van der Waals surface area (Å²) >= 11 is 1.83. The standard InChI is InChI=1S/C23H29N3OS/c27-23(19-8-3-1-4-9-19)26-16-17-28-22-11-10-20(18-21(22)26)24-12-7-15-25-13-5-2-6-14-25/h1,3-4,8-11,18,24H,2,5-7,12-17H2. The highest BCUT2D eigenvalue weighted by Crippen LogP contribution is 2.37. The number of carbonyl (C=O) groups excluding carboxylic acids is 1. The van der Waals surface area contributed by atoms with Gasteiger partial charge in [0.05, 0.1) is 5.69 Å². The van der Waals surface area contributed by atoms with Crippen LogP contribution in [0.1, 0.15) is 36.0 Å². The number of hydrogen-bond donors (Lipinski definition) is 1. The highest BCUT2D eigenvalue weighted by molar-refractivity contribution is 7.99. The van der Waals surface area contributed by atoms with E-state index in [9.17, 15) is 4.79 Å². The van der Waals surface area contributed by atoms with Crippen molar-refractivity contribution in [3.05, 3.63) is 54.1 Å². The molecule has 0 aliphatic carbocycles. The molecule has 2 aromatic carbocycles. The number of rotatable bonds is 6. The second-order valence-corrected chi connectivity index (χ2v) is 8.67. The minimum atomic E-state index is 0.0874. The van der Waals surface area contributed by atoms with E-state index in [-0.39, 0.29) is 5.91 Å². The van der Waals surface area contributed by atoms with Gasteiger partial charge in [0.15, 0.2) is 0 Å². The lowest BCUT2D eigenvalue weighted by Crippen LogP contribution is -2.35. The number of piperidine rings is 1. The lowest BCUT2D eigenvalue weighted by molar-refractivity contribution is 0.0987. The van der Waals surface area contributed by atoms with Gasteiger partial charge in [-0.05, 0) is 69.2 Å². The quantitative estimate of drug-likeness (QED) is 0.718. The Morgan fingerprint density at radius 3 is 2.64 bits per heavy atom. The van der Waals surface area contributed by atoms with Crippen LogP contribution < -0.4 is 10.2 Å². The highest BCUT2D eigenvalue weighted by Gasteiger charge is 2.24. The van der Waals surface area contributed by atoms with Gasteiger partial charge in [0.1, 0.15) is 0 Å². The summed E-state index contributed by atoms with van der Waals surface area (Å²) in [4.78, 5) is 18.7. The first-order valence-corrected chi connectivity index (χ1v) is 11.4. The SMILES string of the molecule is O=C(c1ccccc1)N1CCSc2ccc(NCCCN3CCCCC3)cc21. The number of thioether (sulfide) groups is 1. The number of fused-ring (bicyclic) bond motifs is 1. The van der Waals surface area contributed by atoms with Crippen molar-refractivity contribution >= 4 is 29.0 Å². The lowest BCUT2D eigenvalue weighted by Gasteiger charge is -2.30. The summed E-state index contributed by atoms with van der Waals surface area (Å²) in [5.41, 5.74) is 2.89. The van der Waals surface area contributed by atoms with Crippen molar-refractivity contribution in [2.75, 3.05) is 48.7 Å². The zero-order valence-electron chi connectivity index (χ0n) is 16.4. The number of anilines is 2. The van der Waals surface area contributed by atoms with Crippen molar-refractivity contribution < 1.29 is 4.79 Å². The molecule has 1 saturated heterocycles. The highest BCUT2D eigenvalue weighted by atomic mass is 32.2. The van der Waals surface area contributed by atoms with Gasteiger partial charge in [-0.1, -0.05) is 24.6 Å². The van der Waals surface area contributed by atoms with E-state index in [4.69, 9.17) is 0 Å². The fraction of sp³-hybridized carbons (Fsp3) is 0.435. The molecule has 0 unspecified atom stereocenters. The van der Waals surface area contributed by atoms with Gasteiger partial charge >= 0.3 is 0 Å². The van der Waals surface area contributed by atoms with E-state index < -0.39 is 0 Å². The molecule has 2 aliphatic heterocycles. The third-order valence-corrected chi connectivity index (χ3v) is 6.56. The molecule has 0 spiro atoms. The Bertz CT molecular complexity index is 790. The van der Waals surface area contributed by atoms with Gasteiger partial charge in [0, 0.05) is 35.0 Å². The molecule has 2 heterocycles. The zero-order valence-corrected chi connectivity index (χ0v) is 17.2. The van der Waals surface area contributed by atoms with Crippen LogP contribution in [0.15, 0.2) is 53.4 Å². The predicted octanol–water partition coefficient (Wildman–Crippen LogP) is 4.73. The number of carbonyl (C=O) groups is 1. The van der Waals surface area contributed by atoms with Crippen LogP contribution in [-0.2, 0) is 0 Å². The number of nitrogens with one attached hydrogen (secondary N) is 1. The molecule has 0 radical (unpaired) electrons. The van der Waals surface area contributed by atoms with Crippen LogP contribution in [0.3, 0.4) is 0 Å². The third kappa shape index (κ3) is 4.70. The van der Waals surface area contributed by atoms with Gasteiger partial charge in [-0.15, -0.1) is 11.8 Å². The number of benzene rings is 2. The van der Waals surface area contributed by atoms with Gasteiger partial charge in [0.2, 0.25) is 0 Å². The van der Waals surface area contributed by atoms with Crippen LogP contribution in [0.5, 0.6) is 0 Å². The van der Waals surface area contributed by atoms with Crippen molar-refractivity contribution in [1.29, 1.82) is 0 Å². The van der Waals surface area contributed by atoms with Gasteiger partial charge in [-0.2, -0.15) is 0 Å². The van der Waals surface area contributed by atoms with Crippen LogP contribution in [0.4, 0.5) is 11.4 Å². The van der Waals surface area contributed by atoms with E-state index in [1.165, 1.54) is 43.8 Å². The van der Waals surface area contributed by atoms with Crippen molar-refractivity contribution in [2.45, 2.75) is 30.6 Å². The molecule has 0 aromatic heterocycles. The summed E-state index contributed by atoms with van der Waals surface area (Å²) in [5.74, 6) is 1.03. The van der Waals surface area contributed by atoms with Crippen LogP contribution in [0.25, 0.3) is 0 Å². The number of hydrogen-bond acceptors (Lipinski definition) is 4. The Balaban J connectivity index is 1.39. The molecule has 2 aromatic rings. The molecule has 1 N–H and O–H groups in total. The molecular weight excluding hydrogens is 366 g/mol. The second-order valence-electron chi connectivity index (χ2n) is 7.54. The van der Waals surface area contributed by atoms with E-state index in [0.29, 0.717) is 0 Å². The summed E-state index contributed by atoms with van der Waals surface area (Å²) in [7, 11) is 0. The molecular formula is C23H29N3OS. The molecule has 5 heteroatoms. The maximum Gasteiger partial charge on any atom is 0.258 e. The van der Waals surface area contributed by atoms with E-state index in [1.54, 1.807) is 0 Å². The molecule has 4 rings (SSSR count). The Labute approximate surface area is 172 Å². The minimum absolute atomic E-state index is 0.0874. The summed E-state index contributed by atoms with van der Waals surface area (Å²) < 4.78 is 0. The van der Waals surface area contributed by atoms with Gasteiger partial charge < -0.3 is 15.1 Å². The van der Waals surface area contributed by atoms with Crippen molar-refractivity contribution in [2.24, 2.45) is 0 Å². The Morgan fingerprint density at radius 1 is 1.00 bits per heavy atom. The Hall–Kier alpha value is -1.98. The summed E-state index contributed by atoms with van der Waals surface area (Å²) in [6.45, 7) is 5.41. The third-order valence-electron chi connectivity index (χ3n) is 5.52. The largest absolute Gasteiger partial charge is 0.385 e. The minimum Gasteiger partial charge on any atom is -0.385 e. The average molecular weight is 396 g/mol. The predicted molar refractivity (Wildman–Crippen MR) is 119 cm³/mol. The molecule has 1 fully saturated rings. The lowest BCUT2D eigenvalue weighted by atomic mass is 10.1. The van der Waals surface area contributed by atoms with E-state index >= 15 is 0 Å². The van der Waals surface area contributed by atoms with E-state index in [0.717, 1.165) is 42.2 Å². The van der Waals surface area contributed by atoms with Gasteiger partial charge in [0.25, 0.3) is 5.91 Å². The number of likely N-dealkylation sites (tertiary alicyclic amines) is 1. The normalized spacial score (nSPS) is 17.2. The van der Waals surface area contributed by atoms with Crippen LogP contribution >= 0.6 is 11.8 Å². The monoisotopic (exact) mass is 395 g/mol. The summed E-state index contributed by atoms with van der Waals surface area (Å²) in [6.07, 6.45) is 5.24. The molecule has 2 aliphatic rings. The number of nitrogens with zero attached hydrogens (tertiary/aromatic N) is 2. The zero-order chi connectivity index (χ0) is 19.2. The van der Waals surface area contributed by atoms with Crippen LogP contribution in [-0.4, -0.2) is 49.3 Å². The van der Waals surface area contributed by atoms with Crippen LogP contribution in [0, 0.1) is 0 Å². The van der Waals surface area contributed by atoms with E-state index in [1.807, 2.05) is 47.0 Å². The molecule has 0 atom stereocenters. The number of amides is 1. The molecule has 148 valence electrons. The fourth-order valence-electron chi connectivity index (χ4n) is 3.99. The molecule has 4 nitrogen and oxygen atoms in total. The Kier molecular flexibility index (Phi) is 6.55.